The summed E-state index contributed by atoms with van der Waals surface area (Å²) in [5.74, 6) is 3.08. The zero-order valence-corrected chi connectivity index (χ0v) is 14.3. The van der Waals surface area contributed by atoms with Gasteiger partial charge in [0.15, 0.2) is 0 Å². The first-order chi connectivity index (χ1) is 9.11. The minimum atomic E-state index is 0. The van der Waals surface area contributed by atoms with Gasteiger partial charge in [-0.1, -0.05) is 39.3 Å². The third-order valence-electron chi connectivity index (χ3n) is 3.72. The summed E-state index contributed by atoms with van der Waals surface area (Å²) in [7, 11) is 1.83. The maximum absolute atomic E-state index is 6.38. The molecule has 0 radical (unpaired) electrons. The second kappa shape index (κ2) is 7.38. The Morgan fingerprint density at radius 1 is 1.30 bits per heavy atom. The zero-order valence-electron chi connectivity index (χ0n) is 12.5. The van der Waals surface area contributed by atoms with Gasteiger partial charge in [-0.25, -0.2) is 4.99 Å². The molecule has 1 aromatic carbocycles. The van der Waals surface area contributed by atoms with Crippen molar-refractivity contribution in [3.05, 3.63) is 47.4 Å². The second-order valence-corrected chi connectivity index (χ2v) is 4.87. The molecule has 20 heavy (non-hydrogen) atoms. The van der Waals surface area contributed by atoms with Crippen LogP contribution < -0.4 is 5.73 Å². The summed E-state index contributed by atoms with van der Waals surface area (Å²) in [4.78, 5) is 4.42. The van der Waals surface area contributed by atoms with E-state index in [1.807, 2.05) is 13.1 Å². The number of aliphatic imine (C=N–C) groups is 1. The van der Waals surface area contributed by atoms with Gasteiger partial charge < -0.3 is 10.3 Å². The van der Waals surface area contributed by atoms with Gasteiger partial charge in [0.2, 0.25) is 0 Å². The fourth-order valence-electron chi connectivity index (χ4n) is 2.58. The van der Waals surface area contributed by atoms with Crippen LogP contribution in [0.3, 0.4) is 0 Å². The van der Waals surface area contributed by atoms with E-state index in [2.05, 4.69) is 48.5 Å². The molecule has 0 aromatic heterocycles. The Morgan fingerprint density at radius 2 is 1.95 bits per heavy atom. The number of nitrogens with zero attached hydrogens (tertiary/aromatic N) is 2. The summed E-state index contributed by atoms with van der Waals surface area (Å²) in [5, 5.41) is 0. The first kappa shape index (κ1) is 17.4. The van der Waals surface area contributed by atoms with Crippen molar-refractivity contribution in [2.24, 2.45) is 10.7 Å². The van der Waals surface area contributed by atoms with Crippen LogP contribution in [0.4, 0.5) is 0 Å². The van der Waals surface area contributed by atoms with Crippen molar-refractivity contribution in [2.75, 3.05) is 7.05 Å². The van der Waals surface area contributed by atoms with Crippen molar-refractivity contribution in [2.45, 2.75) is 33.6 Å². The third kappa shape index (κ3) is 2.99. The van der Waals surface area contributed by atoms with Crippen molar-refractivity contribution in [3.63, 3.8) is 0 Å². The molecule has 0 fully saturated rings. The molecule has 4 heteroatoms. The normalized spacial score (nSPS) is 15.1. The molecule has 1 aliphatic heterocycles. The van der Waals surface area contributed by atoms with Gasteiger partial charge >= 0.3 is 0 Å². The zero-order chi connectivity index (χ0) is 14.0. The average Bonchev–Trinajstić information content (AvgIpc) is 2.44. The summed E-state index contributed by atoms with van der Waals surface area (Å²) in [6.07, 6.45) is 1.99. The van der Waals surface area contributed by atoms with Crippen LogP contribution in [-0.4, -0.2) is 23.3 Å². The average molecular weight is 424 g/mol. The minimum absolute atomic E-state index is 0. The molecule has 0 saturated heterocycles. The van der Waals surface area contributed by atoms with Gasteiger partial charge in [-0.05, 0) is 6.42 Å². The molecule has 1 aromatic rings. The van der Waals surface area contributed by atoms with Gasteiger partial charge in [-0.2, -0.15) is 17.5 Å². The van der Waals surface area contributed by atoms with Crippen LogP contribution in [0.15, 0.2) is 29.3 Å². The SMILES string of the molecule is CCCC(=NC)[N+]1=C(N)c2ccccc2[C-](C)[C-]1C.[Er]. The summed E-state index contributed by atoms with van der Waals surface area (Å²) in [6.45, 7) is 6.41. The maximum atomic E-state index is 6.38. The molecule has 0 unspecified atom stereocenters. The van der Waals surface area contributed by atoms with Crippen LogP contribution >= 0.6 is 0 Å². The van der Waals surface area contributed by atoms with Gasteiger partial charge in [-0.15, -0.1) is 17.7 Å². The molecule has 114 valence electrons. The second-order valence-electron chi connectivity index (χ2n) is 4.87. The molecule has 0 aliphatic carbocycles. The Kier molecular flexibility index (Phi) is 6.42. The number of benzene rings is 1. The van der Waals surface area contributed by atoms with E-state index in [-0.39, 0.29) is 37.3 Å². The van der Waals surface area contributed by atoms with E-state index < -0.39 is 0 Å². The molecular formula is C16H22ErN3-. The molecule has 0 amide bonds. The van der Waals surface area contributed by atoms with Crippen molar-refractivity contribution in [1.82, 2.24) is 0 Å². The van der Waals surface area contributed by atoms with E-state index in [1.54, 1.807) is 0 Å². The Balaban J connectivity index is 0.00000200. The van der Waals surface area contributed by atoms with E-state index in [1.165, 1.54) is 17.5 Å². The van der Waals surface area contributed by atoms with Crippen LogP contribution in [0.25, 0.3) is 0 Å². The number of rotatable bonds is 2. The van der Waals surface area contributed by atoms with Gasteiger partial charge in [0.05, 0.1) is 12.9 Å². The molecule has 2 N–H and O–H groups in total. The molecule has 0 saturated carbocycles. The first-order valence-electron chi connectivity index (χ1n) is 6.77. The number of hydrogen-bond acceptors (Lipinski definition) is 2. The van der Waals surface area contributed by atoms with E-state index in [0.29, 0.717) is 0 Å². The summed E-state index contributed by atoms with van der Waals surface area (Å²) >= 11 is 0. The van der Waals surface area contributed by atoms with Crippen molar-refractivity contribution >= 4 is 11.7 Å². The summed E-state index contributed by atoms with van der Waals surface area (Å²) < 4.78 is 2.10. The Morgan fingerprint density at radius 3 is 2.55 bits per heavy atom. The third-order valence-corrected chi connectivity index (χ3v) is 3.72. The minimum Gasteiger partial charge on any atom is -0.386 e. The van der Waals surface area contributed by atoms with Crippen LogP contribution in [0.5, 0.6) is 0 Å². The Labute approximate surface area is 151 Å². The molecular weight excluding hydrogens is 401 g/mol. The van der Waals surface area contributed by atoms with E-state index >= 15 is 0 Å². The first-order valence-corrected chi connectivity index (χ1v) is 6.77. The van der Waals surface area contributed by atoms with Gasteiger partial charge in [0.1, 0.15) is 5.84 Å². The number of hydrogen-bond donors (Lipinski definition) is 1. The molecule has 0 bridgehead atoms. The monoisotopic (exact) mass is 422 g/mol. The number of amidine groups is 2. The van der Waals surface area contributed by atoms with Crippen LogP contribution in [0.1, 0.15) is 44.7 Å². The fourth-order valence-corrected chi connectivity index (χ4v) is 2.58. The largest absolute Gasteiger partial charge is 0.386 e. The van der Waals surface area contributed by atoms with E-state index in [4.69, 9.17) is 5.73 Å². The molecule has 2 rings (SSSR count). The van der Waals surface area contributed by atoms with Gasteiger partial charge in [0, 0.05) is 37.3 Å². The molecule has 1 heterocycles. The Bertz CT molecular complexity index is 534. The topological polar surface area (TPSA) is 41.4 Å². The number of nitrogens with two attached hydrogens (primary N) is 1. The van der Waals surface area contributed by atoms with E-state index in [0.717, 1.165) is 30.1 Å². The Hall–Kier alpha value is -0.653. The molecule has 3 nitrogen and oxygen atoms in total. The molecule has 0 spiro atoms. The summed E-state index contributed by atoms with van der Waals surface area (Å²) in [5.41, 5.74) is 8.70. The standard InChI is InChI=1S/C16H22N3.Er/c1-5-8-15(18-4)19-12(3)11(2)13-9-6-7-10-14(13)16(19)17;/h6-7,9-10H,5,8,17H2,1-4H3;/q-1;. The predicted octanol–water partition coefficient (Wildman–Crippen LogP) is 2.74. The fraction of sp³-hybridized carbons (Fsp3) is 0.375. The predicted molar refractivity (Wildman–Crippen MR) is 80.2 cm³/mol. The molecule has 1 aliphatic rings. The van der Waals surface area contributed by atoms with Gasteiger partial charge in [-0.3, -0.25) is 0 Å². The van der Waals surface area contributed by atoms with Gasteiger partial charge in [0.25, 0.3) is 0 Å². The molecule has 0 atom stereocenters. The van der Waals surface area contributed by atoms with Crippen LogP contribution in [0, 0.1) is 49.3 Å². The van der Waals surface area contributed by atoms with Crippen molar-refractivity contribution in [1.29, 1.82) is 0 Å². The van der Waals surface area contributed by atoms with E-state index in [9.17, 15) is 0 Å². The number of fused-ring (bicyclic) bond motifs is 1. The smallest absolute Gasteiger partial charge is 0.128 e. The summed E-state index contributed by atoms with van der Waals surface area (Å²) in [6, 6.07) is 9.46. The maximum Gasteiger partial charge on any atom is 0.128 e. The van der Waals surface area contributed by atoms with Crippen molar-refractivity contribution < 1.29 is 41.9 Å². The van der Waals surface area contributed by atoms with Crippen LogP contribution in [0.2, 0.25) is 0 Å². The van der Waals surface area contributed by atoms with Crippen LogP contribution in [-0.2, 0) is 0 Å². The van der Waals surface area contributed by atoms with Crippen molar-refractivity contribution in [3.8, 4) is 0 Å². The quantitative estimate of drug-likeness (QED) is 0.338.